The molecular weight excluding hydrogens is 148 g/mol. The van der Waals surface area contributed by atoms with Crippen molar-refractivity contribution in [1.29, 1.82) is 0 Å². The molecule has 1 unspecified atom stereocenters. The van der Waals surface area contributed by atoms with E-state index in [1.165, 1.54) is 24.8 Å². The van der Waals surface area contributed by atoms with Gasteiger partial charge in [0.15, 0.2) is 0 Å². The van der Waals surface area contributed by atoms with Gasteiger partial charge in [-0.05, 0) is 30.9 Å². The number of rotatable bonds is 1. The third-order valence-electron chi connectivity index (χ3n) is 2.49. The summed E-state index contributed by atoms with van der Waals surface area (Å²) in [5, 5.41) is 3.44. The van der Waals surface area contributed by atoms with E-state index in [2.05, 4.69) is 23.3 Å². The Balaban J connectivity index is 2.23. The molecule has 0 bridgehead atoms. The standard InChI is InChI=1S/C10H14N2/c1-2-9-6-5-8-4-3-7-11-10(8)12-9/h3-4,7,9H,2,5-6H2,1H3,(H,11,12). The predicted molar refractivity (Wildman–Crippen MR) is 50.3 cm³/mol. The summed E-state index contributed by atoms with van der Waals surface area (Å²) in [4.78, 5) is 4.31. The number of nitrogens with one attached hydrogen (secondary N) is 1. The van der Waals surface area contributed by atoms with Crippen molar-refractivity contribution in [3.63, 3.8) is 0 Å². The first kappa shape index (κ1) is 7.59. The molecule has 0 fully saturated rings. The van der Waals surface area contributed by atoms with Gasteiger partial charge in [0.1, 0.15) is 5.82 Å². The Morgan fingerprint density at radius 2 is 2.58 bits per heavy atom. The Bertz CT molecular complexity index is 270. The monoisotopic (exact) mass is 162 g/mol. The highest BCUT2D eigenvalue weighted by Crippen LogP contribution is 2.22. The van der Waals surface area contributed by atoms with E-state index >= 15 is 0 Å². The largest absolute Gasteiger partial charge is 0.367 e. The molecular formula is C10H14N2. The number of aromatic nitrogens is 1. The fourth-order valence-electron chi connectivity index (χ4n) is 1.67. The highest BCUT2D eigenvalue weighted by Gasteiger charge is 2.15. The molecule has 2 rings (SSSR count). The third-order valence-corrected chi connectivity index (χ3v) is 2.49. The molecule has 2 heteroatoms. The zero-order valence-electron chi connectivity index (χ0n) is 7.38. The van der Waals surface area contributed by atoms with Gasteiger partial charge in [-0.15, -0.1) is 0 Å². The van der Waals surface area contributed by atoms with Crippen LogP contribution in [0.5, 0.6) is 0 Å². The first-order chi connectivity index (χ1) is 5.90. The van der Waals surface area contributed by atoms with E-state index in [1.807, 2.05) is 12.3 Å². The number of hydrogen-bond donors (Lipinski definition) is 1. The van der Waals surface area contributed by atoms with E-state index in [1.54, 1.807) is 0 Å². The van der Waals surface area contributed by atoms with Crippen molar-refractivity contribution >= 4 is 5.82 Å². The van der Waals surface area contributed by atoms with Crippen LogP contribution in [-0.2, 0) is 6.42 Å². The smallest absolute Gasteiger partial charge is 0.129 e. The van der Waals surface area contributed by atoms with E-state index in [4.69, 9.17) is 0 Å². The first-order valence-electron chi connectivity index (χ1n) is 4.60. The maximum atomic E-state index is 4.31. The van der Waals surface area contributed by atoms with Crippen molar-refractivity contribution in [3.05, 3.63) is 23.9 Å². The number of fused-ring (bicyclic) bond motifs is 1. The molecule has 2 heterocycles. The highest BCUT2D eigenvalue weighted by molar-refractivity contribution is 5.46. The van der Waals surface area contributed by atoms with Crippen molar-refractivity contribution in [2.45, 2.75) is 32.2 Å². The molecule has 0 saturated carbocycles. The molecule has 1 aromatic heterocycles. The van der Waals surface area contributed by atoms with Crippen LogP contribution in [0.1, 0.15) is 25.3 Å². The molecule has 1 aromatic rings. The Hall–Kier alpha value is -1.05. The van der Waals surface area contributed by atoms with Gasteiger partial charge in [0.05, 0.1) is 0 Å². The quantitative estimate of drug-likeness (QED) is 0.685. The second-order valence-corrected chi connectivity index (χ2v) is 3.30. The summed E-state index contributed by atoms with van der Waals surface area (Å²) in [6.07, 6.45) is 5.46. The zero-order chi connectivity index (χ0) is 8.39. The van der Waals surface area contributed by atoms with Crippen LogP contribution in [0.2, 0.25) is 0 Å². The lowest BCUT2D eigenvalue weighted by Crippen LogP contribution is -2.25. The van der Waals surface area contributed by atoms with Gasteiger partial charge in [-0.25, -0.2) is 4.98 Å². The molecule has 0 spiro atoms. The van der Waals surface area contributed by atoms with Crippen LogP contribution in [-0.4, -0.2) is 11.0 Å². The predicted octanol–water partition coefficient (Wildman–Crippen LogP) is 2.22. The van der Waals surface area contributed by atoms with Gasteiger partial charge >= 0.3 is 0 Å². The lowest BCUT2D eigenvalue weighted by Gasteiger charge is -2.24. The van der Waals surface area contributed by atoms with E-state index in [0.29, 0.717) is 6.04 Å². The fraction of sp³-hybridized carbons (Fsp3) is 0.500. The second-order valence-electron chi connectivity index (χ2n) is 3.30. The van der Waals surface area contributed by atoms with Crippen molar-refractivity contribution < 1.29 is 0 Å². The normalized spacial score (nSPS) is 21.2. The Labute approximate surface area is 73.0 Å². The molecule has 0 radical (unpaired) electrons. The van der Waals surface area contributed by atoms with E-state index in [-0.39, 0.29) is 0 Å². The molecule has 12 heavy (non-hydrogen) atoms. The minimum Gasteiger partial charge on any atom is -0.367 e. The summed E-state index contributed by atoms with van der Waals surface area (Å²) in [6.45, 7) is 2.21. The Morgan fingerprint density at radius 3 is 3.42 bits per heavy atom. The highest BCUT2D eigenvalue weighted by atomic mass is 15.0. The van der Waals surface area contributed by atoms with Gasteiger partial charge in [0, 0.05) is 12.2 Å². The maximum Gasteiger partial charge on any atom is 0.129 e. The number of pyridine rings is 1. The molecule has 1 atom stereocenters. The van der Waals surface area contributed by atoms with Crippen molar-refractivity contribution in [2.75, 3.05) is 5.32 Å². The van der Waals surface area contributed by atoms with Gasteiger partial charge in [0.2, 0.25) is 0 Å². The van der Waals surface area contributed by atoms with Gasteiger partial charge in [-0.2, -0.15) is 0 Å². The second kappa shape index (κ2) is 3.13. The minimum absolute atomic E-state index is 0.632. The number of nitrogens with zero attached hydrogens (tertiary/aromatic N) is 1. The first-order valence-corrected chi connectivity index (χ1v) is 4.60. The van der Waals surface area contributed by atoms with Crippen LogP contribution >= 0.6 is 0 Å². The summed E-state index contributed by atoms with van der Waals surface area (Å²) < 4.78 is 0. The van der Waals surface area contributed by atoms with Gasteiger partial charge in [-0.3, -0.25) is 0 Å². The lowest BCUT2D eigenvalue weighted by molar-refractivity contribution is 0.609. The molecule has 0 aromatic carbocycles. The molecule has 0 saturated heterocycles. The van der Waals surface area contributed by atoms with Gasteiger partial charge in [-0.1, -0.05) is 13.0 Å². The van der Waals surface area contributed by atoms with Gasteiger partial charge in [0.25, 0.3) is 0 Å². The summed E-state index contributed by atoms with van der Waals surface area (Å²) in [6, 6.07) is 4.79. The third kappa shape index (κ3) is 1.29. The van der Waals surface area contributed by atoms with Crippen LogP contribution in [0.25, 0.3) is 0 Å². The van der Waals surface area contributed by atoms with Crippen LogP contribution in [0.15, 0.2) is 18.3 Å². The molecule has 2 nitrogen and oxygen atoms in total. The molecule has 1 aliphatic rings. The Kier molecular flexibility index (Phi) is 1.98. The number of aryl methyl sites for hydroxylation is 1. The van der Waals surface area contributed by atoms with E-state index < -0.39 is 0 Å². The summed E-state index contributed by atoms with van der Waals surface area (Å²) in [5.41, 5.74) is 1.36. The number of anilines is 1. The molecule has 0 amide bonds. The van der Waals surface area contributed by atoms with Crippen molar-refractivity contribution in [3.8, 4) is 0 Å². The lowest BCUT2D eigenvalue weighted by atomic mass is 10.00. The molecule has 0 aliphatic carbocycles. The molecule has 1 aliphatic heterocycles. The van der Waals surface area contributed by atoms with Gasteiger partial charge < -0.3 is 5.32 Å². The molecule has 1 N–H and O–H groups in total. The maximum absolute atomic E-state index is 4.31. The molecule has 64 valence electrons. The minimum atomic E-state index is 0.632. The average Bonchev–Trinajstić information content (AvgIpc) is 2.17. The Morgan fingerprint density at radius 1 is 1.67 bits per heavy atom. The average molecular weight is 162 g/mol. The van der Waals surface area contributed by atoms with E-state index in [0.717, 1.165) is 5.82 Å². The van der Waals surface area contributed by atoms with Crippen LogP contribution in [0.4, 0.5) is 5.82 Å². The fourth-order valence-corrected chi connectivity index (χ4v) is 1.67. The summed E-state index contributed by atoms with van der Waals surface area (Å²) in [7, 11) is 0. The number of hydrogen-bond acceptors (Lipinski definition) is 2. The van der Waals surface area contributed by atoms with Crippen molar-refractivity contribution in [2.24, 2.45) is 0 Å². The topological polar surface area (TPSA) is 24.9 Å². The zero-order valence-corrected chi connectivity index (χ0v) is 7.38. The van der Waals surface area contributed by atoms with Crippen LogP contribution in [0.3, 0.4) is 0 Å². The summed E-state index contributed by atoms with van der Waals surface area (Å²) >= 11 is 0. The SMILES string of the molecule is CCC1CCc2cccnc2N1. The van der Waals surface area contributed by atoms with Crippen LogP contribution < -0.4 is 5.32 Å². The summed E-state index contributed by atoms with van der Waals surface area (Å²) in [5.74, 6) is 1.09. The van der Waals surface area contributed by atoms with Crippen LogP contribution in [0, 0.1) is 0 Å². The van der Waals surface area contributed by atoms with E-state index in [9.17, 15) is 0 Å². The van der Waals surface area contributed by atoms with Crippen molar-refractivity contribution in [1.82, 2.24) is 4.98 Å².